The van der Waals surface area contributed by atoms with Crippen LogP contribution in [-0.4, -0.2) is 24.5 Å². The Balaban J connectivity index is 1.57. The maximum Gasteiger partial charge on any atom is 0.157 e. The molecule has 4 aromatic rings. The molecule has 1 unspecified atom stereocenters. The first kappa shape index (κ1) is 19.9. The van der Waals surface area contributed by atoms with Crippen LogP contribution in [-0.2, 0) is 15.9 Å². The highest BCUT2D eigenvalue weighted by Gasteiger charge is 2.22. The smallest absolute Gasteiger partial charge is 0.157 e. The highest BCUT2D eigenvalue weighted by Crippen LogP contribution is 2.34. The predicted octanol–water partition coefficient (Wildman–Crippen LogP) is 6.11. The highest BCUT2D eigenvalue weighted by atomic mass is 16.7. The van der Waals surface area contributed by atoms with E-state index in [1.807, 2.05) is 0 Å². The van der Waals surface area contributed by atoms with Gasteiger partial charge in [0, 0.05) is 18.4 Å². The molecule has 0 aliphatic carbocycles. The van der Waals surface area contributed by atoms with Gasteiger partial charge in [0.1, 0.15) is 0 Å². The van der Waals surface area contributed by atoms with Crippen LogP contribution in [0.4, 0.5) is 0 Å². The van der Waals surface area contributed by atoms with Gasteiger partial charge < -0.3 is 9.47 Å². The van der Waals surface area contributed by atoms with E-state index in [4.69, 9.17) is 14.5 Å². The Morgan fingerprint density at radius 1 is 0.871 bits per heavy atom. The molecule has 0 radical (unpaired) electrons. The normalized spacial score (nSPS) is 16.2. The first-order chi connectivity index (χ1) is 15.4. The number of nitrogens with zero attached hydrogens (tertiary/aromatic N) is 1. The molecule has 0 saturated carbocycles. The number of hydrogen-bond acceptors (Lipinski definition) is 3. The fourth-order valence-electron chi connectivity index (χ4n) is 4.40. The van der Waals surface area contributed by atoms with Gasteiger partial charge in [0.2, 0.25) is 0 Å². The Bertz CT molecular complexity index is 1080. The van der Waals surface area contributed by atoms with Gasteiger partial charge >= 0.3 is 0 Å². The van der Waals surface area contributed by atoms with Gasteiger partial charge in [-0.2, -0.15) is 0 Å². The van der Waals surface area contributed by atoms with Gasteiger partial charge in [0.15, 0.2) is 6.29 Å². The molecular formula is C28H27NO2. The number of benzene rings is 3. The zero-order valence-corrected chi connectivity index (χ0v) is 17.6. The van der Waals surface area contributed by atoms with Crippen LogP contribution in [0.1, 0.15) is 41.1 Å². The molecule has 31 heavy (non-hydrogen) atoms. The van der Waals surface area contributed by atoms with Gasteiger partial charge in [-0.3, -0.25) is 4.98 Å². The summed E-state index contributed by atoms with van der Waals surface area (Å²) in [6.07, 6.45) is 2.82. The minimum Gasteiger partial charge on any atom is -0.353 e. The zero-order valence-electron chi connectivity index (χ0n) is 17.6. The maximum atomic E-state index is 6.02. The summed E-state index contributed by atoms with van der Waals surface area (Å²) in [5, 5.41) is 1.17. The molecule has 0 bridgehead atoms. The van der Waals surface area contributed by atoms with Crippen molar-refractivity contribution in [2.24, 2.45) is 0 Å². The fourth-order valence-corrected chi connectivity index (χ4v) is 4.40. The van der Waals surface area contributed by atoms with E-state index < -0.39 is 0 Å². The maximum absolute atomic E-state index is 6.02. The van der Waals surface area contributed by atoms with Crippen molar-refractivity contribution in [1.29, 1.82) is 0 Å². The van der Waals surface area contributed by atoms with Crippen LogP contribution in [0.25, 0.3) is 10.9 Å². The van der Waals surface area contributed by atoms with Crippen molar-refractivity contribution in [1.82, 2.24) is 4.98 Å². The number of aromatic nitrogens is 1. The van der Waals surface area contributed by atoms with Crippen LogP contribution in [0.5, 0.6) is 0 Å². The average molecular weight is 410 g/mol. The second-order valence-corrected chi connectivity index (χ2v) is 8.04. The van der Waals surface area contributed by atoms with E-state index in [1.165, 1.54) is 22.1 Å². The Labute approximate surface area is 183 Å². The Hall–Kier alpha value is -3.01. The standard InChI is InChI=1S/C28H27NO2/c1-3-10-21(11-4-1)27(22-12-5-2-6-13-22)28-24(17-19-31-26-16-9-18-30-26)20-23-14-7-8-15-25(23)29-28/h1-8,10-15,20,26-27H,9,16-19H2. The number of fused-ring (bicyclic) bond motifs is 1. The lowest BCUT2D eigenvalue weighted by molar-refractivity contribution is -0.109. The SMILES string of the molecule is c1ccc(C(c2ccccc2)c2nc3ccccc3cc2CCOC2CCCO2)cc1. The summed E-state index contributed by atoms with van der Waals surface area (Å²) in [7, 11) is 0. The van der Waals surface area contributed by atoms with E-state index in [0.29, 0.717) is 6.61 Å². The molecule has 1 fully saturated rings. The third-order valence-corrected chi connectivity index (χ3v) is 5.94. The lowest BCUT2D eigenvalue weighted by Gasteiger charge is -2.22. The van der Waals surface area contributed by atoms with Gasteiger partial charge in [0.25, 0.3) is 0 Å². The van der Waals surface area contributed by atoms with Crippen molar-refractivity contribution < 1.29 is 9.47 Å². The highest BCUT2D eigenvalue weighted by molar-refractivity contribution is 5.79. The first-order valence-corrected chi connectivity index (χ1v) is 11.1. The van der Waals surface area contributed by atoms with E-state index in [2.05, 4.69) is 91.0 Å². The molecule has 2 heterocycles. The summed E-state index contributed by atoms with van der Waals surface area (Å²) in [6, 6.07) is 32.0. The first-order valence-electron chi connectivity index (χ1n) is 11.1. The fraction of sp³-hybridized carbons (Fsp3) is 0.250. The van der Waals surface area contributed by atoms with E-state index >= 15 is 0 Å². The minimum atomic E-state index is -0.0593. The summed E-state index contributed by atoms with van der Waals surface area (Å²) in [5.41, 5.74) is 5.86. The van der Waals surface area contributed by atoms with Crippen LogP contribution < -0.4 is 0 Å². The van der Waals surface area contributed by atoms with Gasteiger partial charge in [0.05, 0.1) is 23.7 Å². The Morgan fingerprint density at radius 2 is 1.55 bits per heavy atom. The van der Waals surface area contributed by atoms with Crippen LogP contribution in [0.15, 0.2) is 91.0 Å². The van der Waals surface area contributed by atoms with Crippen molar-refractivity contribution in [3.8, 4) is 0 Å². The minimum absolute atomic E-state index is 0.0593. The quantitative estimate of drug-likeness (QED) is 0.369. The number of hydrogen-bond donors (Lipinski definition) is 0. The van der Waals surface area contributed by atoms with Crippen LogP contribution in [0.3, 0.4) is 0 Å². The molecule has 3 aromatic carbocycles. The average Bonchev–Trinajstić information content (AvgIpc) is 3.34. The topological polar surface area (TPSA) is 31.4 Å². The summed E-state index contributed by atoms with van der Waals surface area (Å²) >= 11 is 0. The predicted molar refractivity (Wildman–Crippen MR) is 124 cm³/mol. The molecule has 1 atom stereocenters. The van der Waals surface area contributed by atoms with Crippen molar-refractivity contribution in [3.63, 3.8) is 0 Å². The van der Waals surface area contributed by atoms with E-state index in [9.17, 15) is 0 Å². The summed E-state index contributed by atoms with van der Waals surface area (Å²) in [6.45, 7) is 1.44. The van der Waals surface area contributed by atoms with E-state index in [0.717, 1.165) is 37.1 Å². The molecule has 1 aliphatic heterocycles. The molecular weight excluding hydrogens is 382 g/mol. The lowest BCUT2D eigenvalue weighted by Crippen LogP contribution is -2.15. The summed E-state index contributed by atoms with van der Waals surface area (Å²) in [5.74, 6) is 0.0738. The molecule has 5 rings (SSSR count). The molecule has 1 aromatic heterocycles. The number of ether oxygens (including phenoxy) is 2. The van der Waals surface area contributed by atoms with E-state index in [-0.39, 0.29) is 12.2 Å². The van der Waals surface area contributed by atoms with Crippen LogP contribution in [0, 0.1) is 0 Å². The zero-order chi connectivity index (χ0) is 20.9. The van der Waals surface area contributed by atoms with Gasteiger partial charge in [-0.15, -0.1) is 0 Å². The molecule has 0 amide bonds. The Kier molecular flexibility index (Phi) is 6.06. The molecule has 1 saturated heterocycles. The van der Waals surface area contributed by atoms with Crippen molar-refractivity contribution in [2.45, 2.75) is 31.5 Å². The third-order valence-electron chi connectivity index (χ3n) is 5.94. The summed E-state index contributed by atoms with van der Waals surface area (Å²) < 4.78 is 11.7. The van der Waals surface area contributed by atoms with Gasteiger partial charge in [-0.1, -0.05) is 78.9 Å². The van der Waals surface area contributed by atoms with Crippen molar-refractivity contribution >= 4 is 10.9 Å². The van der Waals surface area contributed by atoms with Crippen LogP contribution in [0.2, 0.25) is 0 Å². The molecule has 0 N–H and O–H groups in total. The summed E-state index contributed by atoms with van der Waals surface area (Å²) in [4.78, 5) is 5.19. The number of para-hydroxylation sites is 1. The van der Waals surface area contributed by atoms with E-state index in [1.54, 1.807) is 0 Å². The van der Waals surface area contributed by atoms with Crippen LogP contribution >= 0.6 is 0 Å². The largest absolute Gasteiger partial charge is 0.353 e. The monoisotopic (exact) mass is 409 g/mol. The van der Waals surface area contributed by atoms with Crippen molar-refractivity contribution in [2.75, 3.05) is 13.2 Å². The van der Waals surface area contributed by atoms with Gasteiger partial charge in [-0.25, -0.2) is 0 Å². The molecule has 3 heteroatoms. The molecule has 1 aliphatic rings. The second-order valence-electron chi connectivity index (χ2n) is 8.04. The Morgan fingerprint density at radius 3 is 2.23 bits per heavy atom. The second kappa shape index (κ2) is 9.42. The molecule has 3 nitrogen and oxygen atoms in total. The number of rotatable bonds is 7. The number of pyridine rings is 1. The third kappa shape index (κ3) is 4.53. The molecule has 156 valence electrons. The lowest BCUT2D eigenvalue weighted by atomic mass is 9.85. The van der Waals surface area contributed by atoms with Gasteiger partial charge in [-0.05, 0) is 41.7 Å². The van der Waals surface area contributed by atoms with Crippen molar-refractivity contribution in [3.05, 3.63) is 113 Å². The molecule has 0 spiro atoms.